The van der Waals surface area contributed by atoms with Crippen LogP contribution in [0.2, 0.25) is 5.15 Å². The number of halogens is 1. The number of carbonyl (C=O) groups is 1. The smallest absolute Gasteiger partial charge is 0.407 e. The number of amides is 1. The fourth-order valence-electron chi connectivity index (χ4n) is 2.16. The Morgan fingerprint density at radius 3 is 2.67 bits per heavy atom. The van der Waals surface area contributed by atoms with Gasteiger partial charge in [-0.25, -0.2) is 4.79 Å². The number of hydrogen-bond acceptors (Lipinski definition) is 4. The van der Waals surface area contributed by atoms with E-state index in [9.17, 15) is 4.79 Å². The van der Waals surface area contributed by atoms with Gasteiger partial charge in [0, 0.05) is 6.04 Å². The van der Waals surface area contributed by atoms with Crippen LogP contribution >= 0.6 is 11.6 Å². The molecule has 0 saturated carbocycles. The Morgan fingerprint density at radius 1 is 1.38 bits per heavy atom. The Labute approximate surface area is 129 Å². The van der Waals surface area contributed by atoms with Gasteiger partial charge in [0.25, 0.3) is 0 Å². The molecule has 6 heteroatoms. The van der Waals surface area contributed by atoms with Gasteiger partial charge in [-0.2, -0.15) is 0 Å². The summed E-state index contributed by atoms with van der Waals surface area (Å²) in [7, 11) is 0. The Morgan fingerprint density at radius 2 is 2.14 bits per heavy atom. The van der Waals surface area contributed by atoms with E-state index >= 15 is 0 Å². The van der Waals surface area contributed by atoms with Gasteiger partial charge in [0.05, 0.1) is 5.69 Å². The van der Waals surface area contributed by atoms with Gasteiger partial charge in [-0.3, -0.25) is 0 Å². The fraction of sp³-hybridized carbons (Fsp3) is 0.533. The normalized spacial score (nSPS) is 18.9. The maximum atomic E-state index is 11.7. The number of carbonyl (C=O) groups excluding carboxylic acids is 1. The molecule has 1 N–H and O–H groups in total. The molecule has 1 aliphatic rings. The predicted molar refractivity (Wildman–Crippen MR) is 82.0 cm³/mol. The summed E-state index contributed by atoms with van der Waals surface area (Å²) < 4.78 is 5.26. The second-order valence-electron chi connectivity index (χ2n) is 6.09. The van der Waals surface area contributed by atoms with E-state index in [1.54, 1.807) is 6.07 Å². The molecule has 0 spiro atoms. The zero-order valence-electron chi connectivity index (χ0n) is 12.5. The zero-order chi connectivity index (χ0) is 15.5. The van der Waals surface area contributed by atoms with E-state index in [-0.39, 0.29) is 12.1 Å². The number of allylic oxidation sites excluding steroid dienone is 1. The summed E-state index contributed by atoms with van der Waals surface area (Å²) in [6, 6.07) is 3.70. The minimum absolute atomic E-state index is 0.101. The molecule has 0 fully saturated rings. The Balaban J connectivity index is 1.90. The summed E-state index contributed by atoms with van der Waals surface area (Å²) >= 11 is 5.73. The van der Waals surface area contributed by atoms with Crippen LogP contribution in [0.25, 0.3) is 5.57 Å². The standard InChI is InChI=1S/C15H20ClN3O2/c1-15(2,3)21-14(20)17-11-6-4-10(5-7-11)12-8-9-13(16)19-18-12/h4,8-9,11H,5-7H2,1-3H3,(H,17,20). The molecule has 0 aromatic carbocycles. The van der Waals surface area contributed by atoms with E-state index in [2.05, 4.69) is 21.6 Å². The molecule has 0 radical (unpaired) electrons. The van der Waals surface area contributed by atoms with Crippen molar-refractivity contribution >= 4 is 23.3 Å². The van der Waals surface area contributed by atoms with E-state index in [0.717, 1.165) is 30.5 Å². The van der Waals surface area contributed by atoms with Crippen molar-refractivity contribution in [2.75, 3.05) is 0 Å². The lowest BCUT2D eigenvalue weighted by Gasteiger charge is -2.25. The maximum Gasteiger partial charge on any atom is 0.407 e. The van der Waals surface area contributed by atoms with Crippen molar-refractivity contribution in [2.45, 2.75) is 51.7 Å². The molecule has 2 rings (SSSR count). The second-order valence-corrected chi connectivity index (χ2v) is 6.48. The molecule has 1 atom stereocenters. The monoisotopic (exact) mass is 309 g/mol. The van der Waals surface area contributed by atoms with Crippen molar-refractivity contribution in [3.05, 3.63) is 29.1 Å². The van der Waals surface area contributed by atoms with Crippen LogP contribution < -0.4 is 5.32 Å². The molecule has 1 aliphatic carbocycles. The van der Waals surface area contributed by atoms with E-state index in [1.165, 1.54) is 0 Å². The summed E-state index contributed by atoms with van der Waals surface area (Å²) in [4.78, 5) is 11.7. The third-order valence-electron chi connectivity index (χ3n) is 3.09. The molecular formula is C15H20ClN3O2. The number of alkyl carbamates (subject to hydrolysis) is 1. The van der Waals surface area contributed by atoms with Crippen LogP contribution in [-0.2, 0) is 4.74 Å². The van der Waals surface area contributed by atoms with Crippen molar-refractivity contribution in [3.8, 4) is 0 Å². The third-order valence-corrected chi connectivity index (χ3v) is 3.29. The lowest BCUT2D eigenvalue weighted by Crippen LogP contribution is -2.39. The quantitative estimate of drug-likeness (QED) is 0.906. The van der Waals surface area contributed by atoms with Crippen molar-refractivity contribution in [1.29, 1.82) is 0 Å². The Kier molecular flexibility index (Phi) is 4.83. The van der Waals surface area contributed by atoms with Crippen molar-refractivity contribution in [3.63, 3.8) is 0 Å². The predicted octanol–water partition coefficient (Wildman–Crippen LogP) is 3.59. The Bertz CT molecular complexity index is 535. The molecule has 21 heavy (non-hydrogen) atoms. The lowest BCUT2D eigenvalue weighted by atomic mass is 9.93. The topological polar surface area (TPSA) is 64.1 Å². The molecule has 1 aromatic heterocycles. The fourth-order valence-corrected chi connectivity index (χ4v) is 2.26. The number of rotatable bonds is 2. The maximum absolute atomic E-state index is 11.7. The molecule has 1 unspecified atom stereocenters. The first-order valence-corrected chi connectivity index (χ1v) is 7.39. The highest BCUT2D eigenvalue weighted by Gasteiger charge is 2.21. The van der Waals surface area contributed by atoms with Gasteiger partial charge in [-0.1, -0.05) is 17.7 Å². The summed E-state index contributed by atoms with van der Waals surface area (Å²) in [5, 5.41) is 11.2. The number of nitrogens with zero attached hydrogens (tertiary/aromatic N) is 2. The average Bonchev–Trinajstić information content (AvgIpc) is 2.38. The van der Waals surface area contributed by atoms with Crippen LogP contribution in [0, 0.1) is 0 Å². The number of aromatic nitrogens is 2. The summed E-state index contributed by atoms with van der Waals surface area (Å²) in [6.07, 6.45) is 4.18. The number of ether oxygens (including phenoxy) is 1. The van der Waals surface area contributed by atoms with Gasteiger partial charge in [-0.15, -0.1) is 10.2 Å². The minimum atomic E-state index is -0.474. The highest BCUT2D eigenvalue weighted by Crippen LogP contribution is 2.26. The van der Waals surface area contributed by atoms with Crippen LogP contribution in [0.5, 0.6) is 0 Å². The van der Waals surface area contributed by atoms with Gasteiger partial charge < -0.3 is 10.1 Å². The SMILES string of the molecule is CC(C)(C)OC(=O)NC1CC=C(c2ccc(Cl)nn2)CC1. The highest BCUT2D eigenvalue weighted by atomic mass is 35.5. The highest BCUT2D eigenvalue weighted by molar-refractivity contribution is 6.29. The van der Waals surface area contributed by atoms with E-state index < -0.39 is 5.60 Å². The summed E-state index contributed by atoms with van der Waals surface area (Å²) in [5.41, 5.74) is 1.51. The molecular weight excluding hydrogens is 290 g/mol. The van der Waals surface area contributed by atoms with Gasteiger partial charge in [0.1, 0.15) is 5.60 Å². The molecule has 0 bridgehead atoms. The molecule has 1 aromatic rings. The van der Waals surface area contributed by atoms with Crippen LogP contribution in [0.4, 0.5) is 4.79 Å². The van der Waals surface area contributed by atoms with Crippen molar-refractivity contribution in [2.24, 2.45) is 0 Å². The minimum Gasteiger partial charge on any atom is -0.444 e. The summed E-state index contributed by atoms with van der Waals surface area (Å²) in [5.74, 6) is 0. The van der Waals surface area contributed by atoms with Crippen molar-refractivity contribution < 1.29 is 9.53 Å². The van der Waals surface area contributed by atoms with Gasteiger partial charge in [-0.05, 0) is 57.7 Å². The van der Waals surface area contributed by atoms with Crippen LogP contribution in [0.3, 0.4) is 0 Å². The van der Waals surface area contributed by atoms with Gasteiger partial charge in [0.15, 0.2) is 5.15 Å². The summed E-state index contributed by atoms with van der Waals surface area (Å²) in [6.45, 7) is 5.56. The van der Waals surface area contributed by atoms with Crippen LogP contribution in [0.15, 0.2) is 18.2 Å². The van der Waals surface area contributed by atoms with E-state index in [0.29, 0.717) is 5.15 Å². The first-order valence-electron chi connectivity index (χ1n) is 7.01. The molecule has 0 aliphatic heterocycles. The molecule has 114 valence electrons. The first kappa shape index (κ1) is 15.8. The van der Waals surface area contributed by atoms with E-state index in [4.69, 9.17) is 16.3 Å². The second kappa shape index (κ2) is 6.43. The first-order chi connectivity index (χ1) is 9.83. The number of nitrogens with one attached hydrogen (secondary N) is 1. The average molecular weight is 310 g/mol. The third kappa shape index (κ3) is 5.01. The molecule has 5 nitrogen and oxygen atoms in total. The number of hydrogen-bond donors (Lipinski definition) is 1. The molecule has 0 saturated heterocycles. The van der Waals surface area contributed by atoms with Crippen molar-refractivity contribution in [1.82, 2.24) is 15.5 Å². The lowest BCUT2D eigenvalue weighted by molar-refractivity contribution is 0.0502. The zero-order valence-corrected chi connectivity index (χ0v) is 13.3. The van der Waals surface area contributed by atoms with Crippen LogP contribution in [0.1, 0.15) is 45.7 Å². The van der Waals surface area contributed by atoms with E-state index in [1.807, 2.05) is 26.8 Å². The molecule has 1 heterocycles. The molecule has 1 amide bonds. The van der Waals surface area contributed by atoms with Gasteiger partial charge in [0.2, 0.25) is 0 Å². The largest absolute Gasteiger partial charge is 0.444 e. The Hall–Kier alpha value is -1.62. The van der Waals surface area contributed by atoms with Gasteiger partial charge >= 0.3 is 6.09 Å². The van der Waals surface area contributed by atoms with Crippen LogP contribution in [-0.4, -0.2) is 27.9 Å².